The Morgan fingerprint density at radius 2 is 2.05 bits per heavy atom. The van der Waals surface area contributed by atoms with Crippen LogP contribution in [0.3, 0.4) is 0 Å². The largest absolute Gasteiger partial charge is 0.302 e. The molecule has 0 radical (unpaired) electrons. The zero-order valence-corrected chi connectivity index (χ0v) is 11.6. The molecule has 1 amide bonds. The first-order valence-corrected chi connectivity index (χ1v) is 6.30. The predicted molar refractivity (Wildman–Crippen MR) is 78.7 cm³/mol. The highest BCUT2D eigenvalue weighted by atomic mass is 16.6. The van der Waals surface area contributed by atoms with Gasteiger partial charge in [-0.2, -0.15) is 5.10 Å². The van der Waals surface area contributed by atoms with Crippen LogP contribution in [0.1, 0.15) is 16.8 Å². The quantitative estimate of drug-likeness (QED) is 0.424. The maximum Gasteiger partial charge on any atom is 0.269 e. The Morgan fingerprint density at radius 3 is 2.59 bits per heavy atom. The summed E-state index contributed by atoms with van der Waals surface area (Å²) in [6.45, 7) is 1.68. The molecule has 9 nitrogen and oxygen atoms in total. The van der Waals surface area contributed by atoms with Crippen molar-refractivity contribution in [2.45, 2.75) is 13.3 Å². The molecule has 0 saturated carbocycles. The summed E-state index contributed by atoms with van der Waals surface area (Å²) < 4.78 is 0. The van der Waals surface area contributed by atoms with Crippen molar-refractivity contribution in [3.8, 4) is 0 Å². The number of carbonyl (C=O) groups excluding carboxylic acids is 1. The van der Waals surface area contributed by atoms with Gasteiger partial charge in [0.25, 0.3) is 11.2 Å². The lowest BCUT2D eigenvalue weighted by atomic mass is 10.2. The van der Waals surface area contributed by atoms with Crippen molar-refractivity contribution in [3.63, 3.8) is 0 Å². The van der Waals surface area contributed by atoms with Crippen molar-refractivity contribution < 1.29 is 9.72 Å². The summed E-state index contributed by atoms with van der Waals surface area (Å²) in [5, 5.41) is 19.3. The van der Waals surface area contributed by atoms with E-state index in [4.69, 9.17) is 0 Å². The van der Waals surface area contributed by atoms with Crippen LogP contribution in [0, 0.1) is 17.0 Å². The van der Waals surface area contributed by atoms with Gasteiger partial charge in [0.05, 0.1) is 17.6 Å². The summed E-state index contributed by atoms with van der Waals surface area (Å²) in [5.74, 6) is -0.439. The van der Waals surface area contributed by atoms with E-state index < -0.39 is 10.8 Å². The first-order valence-electron chi connectivity index (χ1n) is 6.30. The molecule has 1 heterocycles. The topological polar surface area (TPSA) is 133 Å². The highest BCUT2D eigenvalue weighted by Gasteiger charge is 2.10. The van der Waals surface area contributed by atoms with Crippen LogP contribution in [-0.2, 0) is 11.2 Å². The van der Waals surface area contributed by atoms with Crippen molar-refractivity contribution in [1.82, 2.24) is 15.6 Å². The standard InChI is InChI=1S/C13H13N5O4/c1-8-11(13(20)17-15-8)6-12(19)16-14-7-9-2-4-10(5-3-9)18(21)22/h2-5,7H,6H2,1H3,(H,16,19)(H2,15,17,20)/b14-7-. The smallest absolute Gasteiger partial charge is 0.269 e. The Kier molecular flexibility index (Phi) is 4.47. The number of aromatic amines is 2. The minimum absolute atomic E-state index is 0.0247. The lowest BCUT2D eigenvalue weighted by Crippen LogP contribution is -2.23. The molecular weight excluding hydrogens is 290 g/mol. The maximum atomic E-state index is 11.7. The minimum Gasteiger partial charge on any atom is -0.302 e. The summed E-state index contributed by atoms with van der Waals surface area (Å²) in [7, 11) is 0. The summed E-state index contributed by atoms with van der Waals surface area (Å²) in [5.41, 5.74) is 3.47. The summed E-state index contributed by atoms with van der Waals surface area (Å²) in [4.78, 5) is 33.1. The molecule has 0 aliphatic carbocycles. The number of nitrogens with one attached hydrogen (secondary N) is 3. The van der Waals surface area contributed by atoms with Crippen LogP contribution in [0.25, 0.3) is 0 Å². The van der Waals surface area contributed by atoms with Crippen LogP contribution in [0.2, 0.25) is 0 Å². The second kappa shape index (κ2) is 6.48. The van der Waals surface area contributed by atoms with Crippen LogP contribution in [0.5, 0.6) is 0 Å². The molecule has 0 fully saturated rings. The molecule has 0 atom stereocenters. The van der Waals surface area contributed by atoms with Gasteiger partial charge >= 0.3 is 0 Å². The van der Waals surface area contributed by atoms with Gasteiger partial charge in [-0.3, -0.25) is 24.8 Å². The number of nitro benzene ring substituents is 1. The van der Waals surface area contributed by atoms with Crippen molar-refractivity contribution in [1.29, 1.82) is 0 Å². The third kappa shape index (κ3) is 3.66. The molecule has 2 rings (SSSR count). The number of rotatable bonds is 5. The maximum absolute atomic E-state index is 11.7. The zero-order valence-electron chi connectivity index (χ0n) is 11.6. The molecule has 1 aromatic carbocycles. The number of hydrogen-bond acceptors (Lipinski definition) is 5. The summed E-state index contributed by atoms with van der Waals surface area (Å²) in [6.07, 6.45) is 1.26. The third-order valence-electron chi connectivity index (χ3n) is 2.93. The molecule has 9 heteroatoms. The van der Waals surface area contributed by atoms with Gasteiger partial charge in [0.1, 0.15) is 0 Å². The molecule has 0 unspecified atom stereocenters. The second-order valence-electron chi connectivity index (χ2n) is 4.50. The number of non-ortho nitro benzene ring substituents is 1. The van der Waals surface area contributed by atoms with E-state index in [0.29, 0.717) is 16.8 Å². The lowest BCUT2D eigenvalue weighted by molar-refractivity contribution is -0.384. The third-order valence-corrected chi connectivity index (χ3v) is 2.93. The minimum atomic E-state index is -0.501. The Labute approximate surface area is 124 Å². The van der Waals surface area contributed by atoms with Crippen LogP contribution in [0.4, 0.5) is 5.69 Å². The summed E-state index contributed by atoms with van der Waals surface area (Å²) in [6, 6.07) is 5.70. The first kappa shape index (κ1) is 15.2. The zero-order chi connectivity index (χ0) is 16.1. The number of aromatic nitrogens is 2. The fourth-order valence-electron chi connectivity index (χ4n) is 1.75. The SMILES string of the molecule is Cc1[nH][nH]c(=O)c1CC(=O)N/N=C\c1ccc([N+](=O)[O-])cc1. The van der Waals surface area contributed by atoms with E-state index >= 15 is 0 Å². The van der Waals surface area contributed by atoms with Crippen LogP contribution in [0.15, 0.2) is 34.2 Å². The number of benzene rings is 1. The first-order chi connectivity index (χ1) is 10.5. The van der Waals surface area contributed by atoms with E-state index in [1.807, 2.05) is 0 Å². The number of aryl methyl sites for hydroxylation is 1. The molecular formula is C13H13N5O4. The van der Waals surface area contributed by atoms with Crippen LogP contribution in [-0.4, -0.2) is 27.2 Å². The molecule has 0 bridgehead atoms. The highest BCUT2D eigenvalue weighted by molar-refractivity contribution is 5.83. The van der Waals surface area contributed by atoms with E-state index in [0.717, 1.165) is 0 Å². The van der Waals surface area contributed by atoms with Gasteiger partial charge in [-0.25, -0.2) is 5.43 Å². The Bertz CT molecular complexity index is 772. The number of hydrogen-bond donors (Lipinski definition) is 3. The molecule has 0 spiro atoms. The second-order valence-corrected chi connectivity index (χ2v) is 4.50. The Balaban J connectivity index is 1.93. The number of H-pyrrole nitrogens is 2. The molecule has 0 saturated heterocycles. The van der Waals surface area contributed by atoms with E-state index in [1.165, 1.54) is 30.5 Å². The number of carbonyl (C=O) groups is 1. The Morgan fingerprint density at radius 1 is 1.36 bits per heavy atom. The van der Waals surface area contributed by atoms with E-state index in [9.17, 15) is 19.7 Å². The van der Waals surface area contributed by atoms with Gasteiger partial charge in [0, 0.05) is 23.4 Å². The normalized spacial score (nSPS) is 10.8. The number of hydrazone groups is 1. The van der Waals surface area contributed by atoms with E-state index in [-0.39, 0.29) is 17.7 Å². The van der Waals surface area contributed by atoms with Gasteiger partial charge in [0.2, 0.25) is 5.91 Å². The van der Waals surface area contributed by atoms with Crippen molar-refractivity contribution >= 4 is 17.8 Å². The van der Waals surface area contributed by atoms with E-state index in [1.54, 1.807) is 6.92 Å². The lowest BCUT2D eigenvalue weighted by Gasteiger charge is -1.98. The number of nitro groups is 1. The molecule has 1 aromatic heterocycles. The van der Waals surface area contributed by atoms with Crippen molar-refractivity contribution in [3.05, 3.63) is 61.6 Å². The fraction of sp³-hybridized carbons (Fsp3) is 0.154. The van der Waals surface area contributed by atoms with Gasteiger partial charge in [-0.05, 0) is 24.6 Å². The van der Waals surface area contributed by atoms with E-state index in [2.05, 4.69) is 20.7 Å². The molecule has 0 aliphatic heterocycles. The van der Waals surface area contributed by atoms with Crippen molar-refractivity contribution in [2.75, 3.05) is 0 Å². The molecule has 2 aromatic rings. The summed E-state index contributed by atoms with van der Waals surface area (Å²) >= 11 is 0. The number of amides is 1. The molecule has 22 heavy (non-hydrogen) atoms. The Hall–Kier alpha value is -3.23. The predicted octanol–water partition coefficient (Wildman–Crippen LogP) is 0.612. The van der Waals surface area contributed by atoms with Crippen LogP contribution >= 0.6 is 0 Å². The van der Waals surface area contributed by atoms with Gasteiger partial charge in [-0.15, -0.1) is 0 Å². The van der Waals surface area contributed by atoms with Gasteiger partial charge in [-0.1, -0.05) is 0 Å². The molecule has 3 N–H and O–H groups in total. The number of nitrogens with zero attached hydrogens (tertiary/aromatic N) is 2. The van der Waals surface area contributed by atoms with Crippen molar-refractivity contribution in [2.24, 2.45) is 5.10 Å². The average Bonchev–Trinajstić information content (AvgIpc) is 2.79. The monoisotopic (exact) mass is 303 g/mol. The van der Waals surface area contributed by atoms with Crippen LogP contribution < -0.4 is 11.0 Å². The molecule has 0 aliphatic rings. The fourth-order valence-corrected chi connectivity index (χ4v) is 1.75. The highest BCUT2D eigenvalue weighted by Crippen LogP contribution is 2.10. The van der Waals surface area contributed by atoms with Gasteiger partial charge < -0.3 is 5.10 Å². The van der Waals surface area contributed by atoms with Gasteiger partial charge in [0.15, 0.2) is 0 Å². The molecule has 114 valence electrons. The average molecular weight is 303 g/mol.